The smallest absolute Gasteiger partial charge is 0.0905 e. The van der Waals surface area contributed by atoms with E-state index in [1.165, 1.54) is 0 Å². The Morgan fingerprint density at radius 1 is 1.42 bits per heavy atom. The summed E-state index contributed by atoms with van der Waals surface area (Å²) in [5, 5.41) is 6.98. The van der Waals surface area contributed by atoms with Gasteiger partial charge in [-0.1, -0.05) is 13.8 Å². The van der Waals surface area contributed by atoms with Gasteiger partial charge in [0.1, 0.15) is 0 Å². The van der Waals surface area contributed by atoms with Crippen molar-refractivity contribution < 1.29 is 4.74 Å². The summed E-state index contributed by atoms with van der Waals surface area (Å²) in [6.07, 6.45) is 2.67. The summed E-state index contributed by atoms with van der Waals surface area (Å²) in [6.45, 7) is 5.90. The highest BCUT2D eigenvalue weighted by atomic mass is 16.5. The van der Waals surface area contributed by atoms with Gasteiger partial charge in [0.15, 0.2) is 0 Å². The molecule has 0 aromatic heterocycles. The minimum absolute atomic E-state index is 0.277. The van der Waals surface area contributed by atoms with E-state index in [1.54, 1.807) is 0 Å². The van der Waals surface area contributed by atoms with Crippen molar-refractivity contribution >= 4 is 5.84 Å². The molecule has 0 aliphatic rings. The number of rotatable bonds is 7. The Balaban J connectivity index is 2.96. The number of nitrogens with one attached hydrogen (secondary N) is 1. The van der Waals surface area contributed by atoms with E-state index in [1.807, 2.05) is 0 Å². The zero-order chi connectivity index (χ0) is 9.40. The molecule has 0 rings (SSSR count). The maximum Gasteiger partial charge on any atom is 0.0905 e. The van der Waals surface area contributed by atoms with E-state index in [2.05, 4.69) is 13.8 Å². The molecule has 0 aromatic carbocycles. The zero-order valence-corrected chi connectivity index (χ0v) is 8.10. The van der Waals surface area contributed by atoms with Crippen molar-refractivity contribution in [3.05, 3.63) is 0 Å². The van der Waals surface area contributed by atoms with Crippen LogP contribution in [0.1, 0.15) is 33.1 Å². The summed E-state index contributed by atoms with van der Waals surface area (Å²) in [4.78, 5) is 0. The van der Waals surface area contributed by atoms with Crippen LogP contribution in [0.3, 0.4) is 0 Å². The van der Waals surface area contributed by atoms with Crippen LogP contribution in [0.25, 0.3) is 0 Å². The third-order valence-electron chi connectivity index (χ3n) is 1.44. The molecule has 0 radical (unpaired) electrons. The lowest BCUT2D eigenvalue weighted by Crippen LogP contribution is -2.09. The van der Waals surface area contributed by atoms with Gasteiger partial charge in [0.2, 0.25) is 0 Å². The molecule has 0 saturated carbocycles. The number of hydrogen-bond donors (Lipinski definition) is 2. The minimum atomic E-state index is 0.277. The normalized spacial score (nSPS) is 10.6. The average Bonchev–Trinajstić information content (AvgIpc) is 1.95. The van der Waals surface area contributed by atoms with Gasteiger partial charge in [0.25, 0.3) is 0 Å². The fraction of sp³-hybridized carbons (Fsp3) is 0.889. The predicted molar refractivity (Wildman–Crippen MR) is 51.4 cm³/mol. The van der Waals surface area contributed by atoms with Crippen molar-refractivity contribution in [2.24, 2.45) is 11.7 Å². The molecule has 3 N–H and O–H groups in total. The number of amidine groups is 1. The third-order valence-corrected chi connectivity index (χ3v) is 1.44. The number of unbranched alkanes of at least 4 members (excludes halogenated alkanes) is 1. The molecule has 0 bridgehead atoms. The van der Waals surface area contributed by atoms with Crippen molar-refractivity contribution in [1.29, 1.82) is 5.41 Å². The van der Waals surface area contributed by atoms with Crippen molar-refractivity contribution in [2.75, 3.05) is 13.2 Å². The minimum Gasteiger partial charge on any atom is -0.388 e. The zero-order valence-electron chi connectivity index (χ0n) is 8.10. The monoisotopic (exact) mass is 172 g/mol. The van der Waals surface area contributed by atoms with Gasteiger partial charge in [-0.15, -0.1) is 0 Å². The van der Waals surface area contributed by atoms with Gasteiger partial charge in [-0.2, -0.15) is 0 Å². The van der Waals surface area contributed by atoms with Gasteiger partial charge < -0.3 is 10.5 Å². The van der Waals surface area contributed by atoms with Crippen LogP contribution < -0.4 is 5.73 Å². The molecule has 72 valence electrons. The maximum absolute atomic E-state index is 6.98. The molecular formula is C9H20N2O. The molecule has 0 fully saturated rings. The van der Waals surface area contributed by atoms with Gasteiger partial charge in [0, 0.05) is 19.6 Å². The predicted octanol–water partition coefficient (Wildman–Crippen LogP) is 1.77. The summed E-state index contributed by atoms with van der Waals surface area (Å²) in [5.74, 6) is 0.886. The molecule has 12 heavy (non-hydrogen) atoms. The SMILES string of the molecule is CC(C)COCCCCC(=N)N. The Morgan fingerprint density at radius 3 is 2.58 bits per heavy atom. The van der Waals surface area contributed by atoms with E-state index in [4.69, 9.17) is 15.9 Å². The van der Waals surface area contributed by atoms with Crippen LogP contribution in [-0.2, 0) is 4.74 Å². The average molecular weight is 172 g/mol. The van der Waals surface area contributed by atoms with E-state index < -0.39 is 0 Å². The Kier molecular flexibility index (Phi) is 6.76. The molecule has 0 saturated heterocycles. The van der Waals surface area contributed by atoms with E-state index in [9.17, 15) is 0 Å². The molecule has 0 aromatic rings. The van der Waals surface area contributed by atoms with Crippen LogP contribution in [0.15, 0.2) is 0 Å². The second-order valence-electron chi connectivity index (χ2n) is 3.45. The van der Waals surface area contributed by atoms with Crippen LogP contribution in [0, 0.1) is 11.3 Å². The van der Waals surface area contributed by atoms with Crippen molar-refractivity contribution in [3.8, 4) is 0 Å². The highest BCUT2D eigenvalue weighted by Crippen LogP contribution is 1.97. The van der Waals surface area contributed by atoms with E-state index in [-0.39, 0.29) is 5.84 Å². The van der Waals surface area contributed by atoms with Crippen LogP contribution in [0.4, 0.5) is 0 Å². The summed E-state index contributed by atoms with van der Waals surface area (Å²) >= 11 is 0. The molecule has 0 atom stereocenters. The highest BCUT2D eigenvalue weighted by molar-refractivity contribution is 5.76. The molecule has 3 nitrogen and oxygen atoms in total. The second kappa shape index (κ2) is 7.10. The largest absolute Gasteiger partial charge is 0.388 e. The number of ether oxygens (including phenoxy) is 1. The topological polar surface area (TPSA) is 59.1 Å². The van der Waals surface area contributed by atoms with Crippen LogP contribution in [-0.4, -0.2) is 19.0 Å². The van der Waals surface area contributed by atoms with Gasteiger partial charge >= 0.3 is 0 Å². The standard InChI is InChI=1S/C9H20N2O/c1-8(2)7-12-6-4-3-5-9(10)11/h8H,3-7H2,1-2H3,(H3,10,11). The molecule has 0 amide bonds. The van der Waals surface area contributed by atoms with Gasteiger partial charge in [-0.05, 0) is 18.8 Å². The third kappa shape index (κ3) is 9.43. The lowest BCUT2D eigenvalue weighted by atomic mass is 10.2. The molecule has 3 heteroatoms. The first kappa shape index (κ1) is 11.4. The number of hydrogen-bond acceptors (Lipinski definition) is 2. The Hall–Kier alpha value is -0.570. The molecule has 0 spiro atoms. The first-order valence-corrected chi connectivity index (χ1v) is 4.53. The molecular weight excluding hydrogens is 152 g/mol. The van der Waals surface area contributed by atoms with E-state index in [0.29, 0.717) is 12.3 Å². The Morgan fingerprint density at radius 2 is 2.08 bits per heavy atom. The first-order chi connectivity index (χ1) is 5.63. The Bertz CT molecular complexity index is 124. The first-order valence-electron chi connectivity index (χ1n) is 4.53. The quantitative estimate of drug-likeness (QED) is 0.349. The van der Waals surface area contributed by atoms with Gasteiger partial charge in [-0.3, -0.25) is 5.41 Å². The van der Waals surface area contributed by atoms with Gasteiger partial charge in [0.05, 0.1) is 5.84 Å². The highest BCUT2D eigenvalue weighted by Gasteiger charge is 1.94. The summed E-state index contributed by atoms with van der Waals surface area (Å²) in [7, 11) is 0. The maximum atomic E-state index is 6.98. The lowest BCUT2D eigenvalue weighted by Gasteiger charge is -2.05. The van der Waals surface area contributed by atoms with Crippen LogP contribution >= 0.6 is 0 Å². The summed E-state index contributed by atoms with van der Waals surface area (Å²) in [5.41, 5.74) is 5.20. The molecule has 0 unspecified atom stereocenters. The number of nitrogens with two attached hydrogens (primary N) is 1. The van der Waals surface area contributed by atoms with E-state index >= 15 is 0 Å². The molecule has 0 heterocycles. The second-order valence-corrected chi connectivity index (χ2v) is 3.45. The molecule has 0 aliphatic carbocycles. The van der Waals surface area contributed by atoms with Crippen molar-refractivity contribution in [1.82, 2.24) is 0 Å². The van der Waals surface area contributed by atoms with Gasteiger partial charge in [-0.25, -0.2) is 0 Å². The van der Waals surface area contributed by atoms with Crippen molar-refractivity contribution in [2.45, 2.75) is 33.1 Å². The Labute approximate surface area is 74.8 Å². The van der Waals surface area contributed by atoms with Crippen LogP contribution in [0.2, 0.25) is 0 Å². The van der Waals surface area contributed by atoms with E-state index in [0.717, 1.165) is 26.1 Å². The van der Waals surface area contributed by atoms with Crippen LogP contribution in [0.5, 0.6) is 0 Å². The summed E-state index contributed by atoms with van der Waals surface area (Å²) < 4.78 is 5.37. The summed E-state index contributed by atoms with van der Waals surface area (Å²) in [6, 6.07) is 0. The fourth-order valence-electron chi connectivity index (χ4n) is 0.839. The fourth-order valence-corrected chi connectivity index (χ4v) is 0.839. The molecule has 0 aliphatic heterocycles. The lowest BCUT2D eigenvalue weighted by molar-refractivity contribution is 0.107. The van der Waals surface area contributed by atoms with Crippen molar-refractivity contribution in [3.63, 3.8) is 0 Å².